The standard InChI is InChI=1S/C18H16F2N4O4S/c1-11-7-13(9-21-8-11)29(27,28)24-10-12(4-6-23-18(25)26)15(19)16(24)14-3-2-5-22-17(14)20/h2-3,5,7-10,23H,4,6H2,1H3,(H,25,26). The van der Waals surface area contributed by atoms with Gasteiger partial charge in [0.25, 0.3) is 10.0 Å². The van der Waals surface area contributed by atoms with Crippen LogP contribution in [-0.4, -0.2) is 40.1 Å². The van der Waals surface area contributed by atoms with E-state index in [1.165, 1.54) is 24.4 Å². The molecule has 8 nitrogen and oxygen atoms in total. The Kier molecular flexibility index (Phi) is 5.59. The van der Waals surface area contributed by atoms with Gasteiger partial charge in [0.15, 0.2) is 5.82 Å². The van der Waals surface area contributed by atoms with Crippen LogP contribution in [0.5, 0.6) is 0 Å². The number of aromatic nitrogens is 3. The minimum absolute atomic E-state index is 0.0961. The smallest absolute Gasteiger partial charge is 0.404 e. The van der Waals surface area contributed by atoms with Crippen LogP contribution in [0.25, 0.3) is 11.3 Å². The fraction of sp³-hybridized carbons (Fsp3) is 0.167. The van der Waals surface area contributed by atoms with Crippen molar-refractivity contribution >= 4 is 16.1 Å². The molecular weight excluding hydrogens is 406 g/mol. The van der Waals surface area contributed by atoms with E-state index in [1.54, 1.807) is 6.92 Å². The second-order valence-corrected chi connectivity index (χ2v) is 7.95. The maximum absolute atomic E-state index is 15.1. The van der Waals surface area contributed by atoms with Gasteiger partial charge in [0.05, 0.1) is 5.56 Å². The first kappa shape index (κ1) is 20.4. The first-order chi connectivity index (χ1) is 13.7. The third-order valence-electron chi connectivity index (χ3n) is 4.07. The molecule has 0 aliphatic heterocycles. The quantitative estimate of drug-likeness (QED) is 0.590. The van der Waals surface area contributed by atoms with Crippen molar-refractivity contribution in [2.75, 3.05) is 6.54 Å². The summed E-state index contributed by atoms with van der Waals surface area (Å²) in [7, 11) is -4.32. The highest BCUT2D eigenvalue weighted by molar-refractivity contribution is 7.90. The van der Waals surface area contributed by atoms with Gasteiger partial charge in [-0.1, -0.05) is 0 Å². The zero-order chi connectivity index (χ0) is 21.2. The number of nitrogens with one attached hydrogen (secondary N) is 1. The minimum atomic E-state index is -4.32. The Morgan fingerprint density at radius 3 is 2.72 bits per heavy atom. The highest BCUT2D eigenvalue weighted by Crippen LogP contribution is 2.32. The first-order valence-electron chi connectivity index (χ1n) is 8.36. The van der Waals surface area contributed by atoms with Crippen LogP contribution in [0.4, 0.5) is 13.6 Å². The number of rotatable bonds is 6. The van der Waals surface area contributed by atoms with Crippen molar-refractivity contribution < 1.29 is 27.1 Å². The van der Waals surface area contributed by atoms with Gasteiger partial charge < -0.3 is 10.4 Å². The molecule has 2 N–H and O–H groups in total. The number of carboxylic acid groups (broad SMARTS) is 1. The Labute approximate surface area is 164 Å². The predicted octanol–water partition coefficient (Wildman–Crippen LogP) is 2.58. The van der Waals surface area contributed by atoms with E-state index in [4.69, 9.17) is 5.11 Å². The van der Waals surface area contributed by atoms with E-state index in [0.717, 1.165) is 18.6 Å². The Hall–Kier alpha value is -3.34. The topological polar surface area (TPSA) is 114 Å². The summed E-state index contributed by atoms with van der Waals surface area (Å²) in [6.45, 7) is 1.49. The number of aryl methyl sites for hydroxylation is 1. The monoisotopic (exact) mass is 422 g/mol. The molecule has 0 spiro atoms. The molecule has 0 fully saturated rings. The third kappa shape index (κ3) is 4.09. The molecule has 3 aromatic heterocycles. The lowest BCUT2D eigenvalue weighted by Gasteiger charge is -2.11. The molecule has 1 amide bonds. The van der Waals surface area contributed by atoms with Crippen LogP contribution in [0.2, 0.25) is 0 Å². The largest absolute Gasteiger partial charge is 0.465 e. The number of hydrogen-bond acceptors (Lipinski definition) is 5. The summed E-state index contributed by atoms with van der Waals surface area (Å²) in [5.41, 5.74) is -0.394. The number of nitrogens with zero attached hydrogens (tertiary/aromatic N) is 3. The summed E-state index contributed by atoms with van der Waals surface area (Å²) >= 11 is 0. The molecule has 29 heavy (non-hydrogen) atoms. The Bertz CT molecular complexity index is 1180. The van der Waals surface area contributed by atoms with Gasteiger partial charge >= 0.3 is 6.09 Å². The second kappa shape index (κ2) is 7.95. The Balaban J connectivity index is 2.19. The van der Waals surface area contributed by atoms with Crippen LogP contribution < -0.4 is 5.32 Å². The third-order valence-corrected chi connectivity index (χ3v) is 5.70. The van der Waals surface area contributed by atoms with E-state index >= 15 is 4.39 Å². The van der Waals surface area contributed by atoms with Gasteiger partial charge in [-0.3, -0.25) is 4.98 Å². The first-order valence-corrected chi connectivity index (χ1v) is 9.80. The van der Waals surface area contributed by atoms with E-state index in [2.05, 4.69) is 15.3 Å². The van der Waals surface area contributed by atoms with Crippen LogP contribution in [0.3, 0.4) is 0 Å². The summed E-state index contributed by atoms with van der Waals surface area (Å²) in [6.07, 6.45) is 3.29. The normalized spacial score (nSPS) is 11.4. The molecule has 0 aliphatic rings. The molecular formula is C18H16F2N4O4S. The average molecular weight is 422 g/mol. The fourth-order valence-corrected chi connectivity index (χ4v) is 4.20. The summed E-state index contributed by atoms with van der Waals surface area (Å²) in [5, 5.41) is 10.7. The van der Waals surface area contributed by atoms with Gasteiger partial charge in [-0.25, -0.2) is 26.6 Å². The number of halogens is 2. The molecule has 0 saturated carbocycles. The molecule has 0 radical (unpaired) electrons. The van der Waals surface area contributed by atoms with Crippen LogP contribution in [0, 0.1) is 18.7 Å². The Morgan fingerprint density at radius 2 is 2.07 bits per heavy atom. The summed E-state index contributed by atoms with van der Waals surface area (Å²) in [5.74, 6) is -2.02. The zero-order valence-electron chi connectivity index (χ0n) is 15.1. The van der Waals surface area contributed by atoms with Gasteiger partial charge in [0, 0.05) is 36.9 Å². The lowest BCUT2D eigenvalue weighted by Crippen LogP contribution is -2.23. The molecule has 3 rings (SSSR count). The molecule has 0 aliphatic carbocycles. The van der Waals surface area contributed by atoms with Gasteiger partial charge in [0.2, 0.25) is 5.95 Å². The molecule has 11 heteroatoms. The number of hydrogen-bond donors (Lipinski definition) is 2. The minimum Gasteiger partial charge on any atom is -0.465 e. The molecule has 152 valence electrons. The molecule has 3 heterocycles. The van der Waals surface area contributed by atoms with Crippen LogP contribution in [-0.2, 0) is 16.4 Å². The summed E-state index contributed by atoms with van der Waals surface area (Å²) in [6, 6.07) is 3.91. The van der Waals surface area contributed by atoms with Gasteiger partial charge in [-0.05, 0) is 37.1 Å². The van der Waals surface area contributed by atoms with Crippen molar-refractivity contribution in [2.24, 2.45) is 0 Å². The zero-order valence-corrected chi connectivity index (χ0v) is 15.9. The van der Waals surface area contributed by atoms with E-state index in [0.29, 0.717) is 9.54 Å². The second-order valence-electron chi connectivity index (χ2n) is 6.14. The average Bonchev–Trinajstić information content (AvgIpc) is 2.99. The van der Waals surface area contributed by atoms with Crippen molar-refractivity contribution in [3.05, 3.63) is 65.9 Å². The van der Waals surface area contributed by atoms with E-state index in [1.807, 2.05) is 0 Å². The lowest BCUT2D eigenvalue weighted by molar-refractivity contribution is 0.194. The predicted molar refractivity (Wildman–Crippen MR) is 98.9 cm³/mol. The number of carbonyl (C=O) groups is 1. The van der Waals surface area contributed by atoms with Crippen LogP contribution in [0.15, 0.2) is 47.9 Å². The molecule has 0 saturated heterocycles. The van der Waals surface area contributed by atoms with Gasteiger partial charge in [0.1, 0.15) is 10.6 Å². The molecule has 0 unspecified atom stereocenters. The molecule has 3 aromatic rings. The Morgan fingerprint density at radius 1 is 1.31 bits per heavy atom. The van der Waals surface area contributed by atoms with Gasteiger partial charge in [-0.15, -0.1) is 0 Å². The SMILES string of the molecule is Cc1cncc(S(=O)(=O)n2cc(CCNC(=O)O)c(F)c2-c2cccnc2F)c1. The van der Waals surface area contributed by atoms with Crippen molar-refractivity contribution in [3.63, 3.8) is 0 Å². The van der Waals surface area contributed by atoms with Crippen molar-refractivity contribution in [2.45, 2.75) is 18.2 Å². The van der Waals surface area contributed by atoms with E-state index in [9.17, 15) is 17.6 Å². The highest BCUT2D eigenvalue weighted by Gasteiger charge is 2.28. The number of amides is 1. The molecule has 0 atom stereocenters. The maximum atomic E-state index is 15.1. The summed E-state index contributed by atoms with van der Waals surface area (Å²) in [4.78, 5) is 17.7. The fourth-order valence-electron chi connectivity index (χ4n) is 2.76. The van der Waals surface area contributed by atoms with Crippen molar-refractivity contribution in [1.29, 1.82) is 0 Å². The number of pyridine rings is 2. The molecule has 0 bridgehead atoms. The summed E-state index contributed by atoms with van der Waals surface area (Å²) < 4.78 is 56.3. The van der Waals surface area contributed by atoms with Gasteiger partial charge in [-0.2, -0.15) is 4.39 Å². The van der Waals surface area contributed by atoms with Crippen molar-refractivity contribution in [3.8, 4) is 11.3 Å². The van der Waals surface area contributed by atoms with Crippen molar-refractivity contribution in [1.82, 2.24) is 19.3 Å². The molecule has 0 aromatic carbocycles. The lowest BCUT2D eigenvalue weighted by atomic mass is 10.1. The van der Waals surface area contributed by atoms with Crippen LogP contribution in [0.1, 0.15) is 11.1 Å². The van der Waals surface area contributed by atoms with E-state index in [-0.39, 0.29) is 29.0 Å². The van der Waals surface area contributed by atoms with E-state index < -0.39 is 33.6 Å². The highest BCUT2D eigenvalue weighted by atomic mass is 32.2. The maximum Gasteiger partial charge on any atom is 0.404 e. The van der Waals surface area contributed by atoms with Crippen LogP contribution >= 0.6 is 0 Å².